The zero-order valence-electron chi connectivity index (χ0n) is 18.4. The highest BCUT2D eigenvalue weighted by molar-refractivity contribution is 9.09. The van der Waals surface area contributed by atoms with Crippen LogP contribution >= 0.6 is 15.9 Å². The standard InChI is InChI=1S/C25H39BrO3/c1-18-12-13-21(16-23-20(3)24(27)17-22(18)23)19(2)25(28)29-15-11-9-7-5-4-6-8-10-14-26/h18,21-22H,2,4-17H2,1,3H3/t18-,21+,22-/m0/s1. The molecule has 0 N–H and O–H groups in total. The van der Waals surface area contributed by atoms with Gasteiger partial charge < -0.3 is 4.74 Å². The number of carbonyl (C=O) groups excluding carboxylic acids is 2. The van der Waals surface area contributed by atoms with Crippen molar-refractivity contribution in [3.63, 3.8) is 0 Å². The topological polar surface area (TPSA) is 43.4 Å². The van der Waals surface area contributed by atoms with Gasteiger partial charge in [0.2, 0.25) is 0 Å². The normalized spacial score (nSPS) is 24.4. The van der Waals surface area contributed by atoms with E-state index in [-0.39, 0.29) is 17.7 Å². The van der Waals surface area contributed by atoms with E-state index in [4.69, 9.17) is 4.74 Å². The van der Waals surface area contributed by atoms with Crippen LogP contribution in [0.4, 0.5) is 0 Å². The lowest BCUT2D eigenvalue weighted by molar-refractivity contribution is -0.139. The molecule has 0 bridgehead atoms. The molecule has 0 aliphatic heterocycles. The van der Waals surface area contributed by atoms with Gasteiger partial charge in [-0.3, -0.25) is 4.79 Å². The number of carbonyl (C=O) groups is 2. The number of alkyl halides is 1. The van der Waals surface area contributed by atoms with Gasteiger partial charge in [-0.15, -0.1) is 0 Å². The molecule has 2 rings (SSSR count). The molecule has 0 amide bonds. The van der Waals surface area contributed by atoms with Crippen LogP contribution in [0.15, 0.2) is 23.3 Å². The maximum atomic E-state index is 12.5. The monoisotopic (exact) mass is 466 g/mol. The van der Waals surface area contributed by atoms with E-state index in [0.29, 0.717) is 30.4 Å². The molecule has 0 aromatic rings. The van der Waals surface area contributed by atoms with Gasteiger partial charge in [0.25, 0.3) is 0 Å². The molecular weight excluding hydrogens is 428 g/mol. The first-order valence-corrected chi connectivity index (χ1v) is 12.7. The quantitative estimate of drug-likeness (QED) is 0.135. The van der Waals surface area contributed by atoms with Crippen molar-refractivity contribution in [2.45, 2.75) is 90.9 Å². The summed E-state index contributed by atoms with van der Waals surface area (Å²) in [4.78, 5) is 24.7. The van der Waals surface area contributed by atoms with Crippen LogP contribution in [0.2, 0.25) is 0 Å². The number of Topliss-reactive ketones (excluding diaryl/α,β-unsaturated/α-hetero) is 1. The van der Waals surface area contributed by atoms with E-state index in [0.717, 1.165) is 43.0 Å². The fraction of sp³-hybridized carbons (Fsp3) is 0.760. The van der Waals surface area contributed by atoms with Crippen LogP contribution in [0.3, 0.4) is 0 Å². The van der Waals surface area contributed by atoms with Gasteiger partial charge >= 0.3 is 5.97 Å². The van der Waals surface area contributed by atoms with Crippen LogP contribution in [-0.2, 0) is 14.3 Å². The highest BCUT2D eigenvalue weighted by Gasteiger charge is 2.38. The maximum Gasteiger partial charge on any atom is 0.333 e. The van der Waals surface area contributed by atoms with Crippen molar-refractivity contribution in [2.24, 2.45) is 17.8 Å². The molecule has 29 heavy (non-hydrogen) atoms. The van der Waals surface area contributed by atoms with Crippen molar-refractivity contribution >= 4 is 27.7 Å². The largest absolute Gasteiger partial charge is 0.462 e. The molecule has 4 heteroatoms. The number of fused-ring (bicyclic) bond motifs is 1. The fourth-order valence-corrected chi connectivity index (χ4v) is 5.19. The SMILES string of the molecule is C=C(C(=O)OCCCCCCCCCCBr)[C@@H]1CC[C@H](C)[C@@H]2CC(=O)C(C)=C2C1. The second-order valence-corrected chi connectivity index (χ2v) is 9.81. The Kier molecular flexibility index (Phi) is 10.7. The second-order valence-electron chi connectivity index (χ2n) is 9.02. The molecule has 0 heterocycles. The number of hydrogen-bond acceptors (Lipinski definition) is 3. The van der Waals surface area contributed by atoms with Crippen LogP contribution in [0.25, 0.3) is 0 Å². The van der Waals surface area contributed by atoms with Crippen LogP contribution < -0.4 is 0 Å². The summed E-state index contributed by atoms with van der Waals surface area (Å²) in [5.41, 5.74) is 2.81. The van der Waals surface area contributed by atoms with Crippen molar-refractivity contribution in [1.82, 2.24) is 0 Å². The Hall–Kier alpha value is -0.900. The first-order valence-electron chi connectivity index (χ1n) is 11.6. The Morgan fingerprint density at radius 2 is 1.66 bits per heavy atom. The number of esters is 1. The minimum absolute atomic E-state index is 0.116. The Morgan fingerprint density at radius 1 is 1.03 bits per heavy atom. The van der Waals surface area contributed by atoms with Gasteiger partial charge in [0.05, 0.1) is 6.61 Å². The molecule has 0 spiro atoms. The number of hydrogen-bond donors (Lipinski definition) is 0. The molecule has 3 atom stereocenters. The van der Waals surface area contributed by atoms with Crippen LogP contribution in [0.5, 0.6) is 0 Å². The molecule has 0 saturated heterocycles. The van der Waals surface area contributed by atoms with Gasteiger partial charge in [-0.2, -0.15) is 0 Å². The van der Waals surface area contributed by atoms with Crippen LogP contribution in [0, 0.1) is 17.8 Å². The van der Waals surface area contributed by atoms with Crippen LogP contribution in [0.1, 0.15) is 90.9 Å². The zero-order valence-corrected chi connectivity index (χ0v) is 20.0. The number of halogens is 1. The summed E-state index contributed by atoms with van der Waals surface area (Å²) < 4.78 is 5.52. The highest BCUT2D eigenvalue weighted by atomic mass is 79.9. The molecule has 2 aliphatic rings. The van der Waals surface area contributed by atoms with Gasteiger partial charge in [-0.05, 0) is 62.4 Å². The molecule has 1 fully saturated rings. The van der Waals surface area contributed by atoms with Crippen molar-refractivity contribution in [2.75, 3.05) is 11.9 Å². The summed E-state index contributed by atoms with van der Waals surface area (Å²) in [6.45, 7) is 8.77. The Morgan fingerprint density at radius 3 is 2.31 bits per heavy atom. The molecule has 0 aromatic carbocycles. The summed E-state index contributed by atoms with van der Waals surface area (Å²) in [6.07, 6.45) is 13.2. The average Bonchev–Trinajstić information content (AvgIpc) is 2.89. The molecule has 0 aromatic heterocycles. The fourth-order valence-electron chi connectivity index (χ4n) is 4.79. The van der Waals surface area contributed by atoms with E-state index in [1.807, 2.05) is 6.92 Å². The van der Waals surface area contributed by atoms with E-state index < -0.39 is 0 Å². The molecule has 2 aliphatic carbocycles. The summed E-state index contributed by atoms with van der Waals surface area (Å²) in [5, 5.41) is 1.11. The van der Waals surface area contributed by atoms with Gasteiger partial charge in [0.15, 0.2) is 5.78 Å². The third kappa shape index (κ3) is 7.38. The first kappa shape index (κ1) is 24.4. The number of ether oxygens (including phenoxy) is 1. The molecule has 0 radical (unpaired) electrons. The van der Waals surface area contributed by atoms with Crippen molar-refractivity contribution in [3.05, 3.63) is 23.3 Å². The number of rotatable bonds is 12. The molecule has 164 valence electrons. The Balaban J connectivity index is 1.68. The third-order valence-electron chi connectivity index (χ3n) is 6.89. The van der Waals surface area contributed by atoms with Gasteiger partial charge in [0, 0.05) is 17.3 Å². The average molecular weight is 467 g/mol. The van der Waals surface area contributed by atoms with E-state index in [1.165, 1.54) is 44.1 Å². The predicted molar refractivity (Wildman–Crippen MR) is 123 cm³/mol. The van der Waals surface area contributed by atoms with Crippen molar-refractivity contribution in [3.8, 4) is 0 Å². The third-order valence-corrected chi connectivity index (χ3v) is 7.45. The lowest BCUT2D eigenvalue weighted by Gasteiger charge is -2.19. The summed E-state index contributed by atoms with van der Waals surface area (Å²) in [5.74, 6) is 1.04. The van der Waals surface area contributed by atoms with Gasteiger partial charge in [0.1, 0.15) is 0 Å². The molecule has 1 saturated carbocycles. The summed E-state index contributed by atoms with van der Waals surface area (Å²) in [6, 6.07) is 0. The highest BCUT2D eigenvalue weighted by Crippen LogP contribution is 2.45. The minimum atomic E-state index is -0.238. The lowest BCUT2D eigenvalue weighted by atomic mass is 9.86. The molecule has 3 nitrogen and oxygen atoms in total. The molecular formula is C25H39BrO3. The van der Waals surface area contributed by atoms with E-state index in [9.17, 15) is 9.59 Å². The Labute approximate surface area is 185 Å². The van der Waals surface area contributed by atoms with Gasteiger partial charge in [-0.1, -0.05) is 73.5 Å². The number of unbranched alkanes of at least 4 members (excludes halogenated alkanes) is 7. The zero-order chi connectivity index (χ0) is 21.2. The van der Waals surface area contributed by atoms with Crippen molar-refractivity contribution < 1.29 is 14.3 Å². The summed E-state index contributed by atoms with van der Waals surface area (Å²) >= 11 is 3.47. The van der Waals surface area contributed by atoms with E-state index in [1.54, 1.807) is 0 Å². The Bertz CT molecular complexity index is 607. The predicted octanol–water partition coefficient (Wildman–Crippen LogP) is 6.94. The van der Waals surface area contributed by atoms with Crippen molar-refractivity contribution in [1.29, 1.82) is 0 Å². The number of ketones is 1. The van der Waals surface area contributed by atoms with E-state index >= 15 is 0 Å². The smallest absolute Gasteiger partial charge is 0.333 e. The number of allylic oxidation sites excluding steroid dienone is 2. The summed E-state index contributed by atoms with van der Waals surface area (Å²) in [7, 11) is 0. The van der Waals surface area contributed by atoms with Crippen LogP contribution in [-0.4, -0.2) is 23.7 Å². The molecule has 0 unspecified atom stereocenters. The maximum absolute atomic E-state index is 12.5. The van der Waals surface area contributed by atoms with E-state index in [2.05, 4.69) is 29.4 Å². The second kappa shape index (κ2) is 12.7. The van der Waals surface area contributed by atoms with Gasteiger partial charge in [-0.25, -0.2) is 4.79 Å². The first-order chi connectivity index (χ1) is 14.0. The minimum Gasteiger partial charge on any atom is -0.462 e. The lowest BCUT2D eigenvalue weighted by Crippen LogP contribution is -2.16.